The van der Waals surface area contributed by atoms with E-state index in [9.17, 15) is 9.59 Å². The normalized spacial score (nSPS) is 17.8. The Kier molecular flexibility index (Phi) is 3.70. The number of nitrogens with zero attached hydrogens (tertiary/aromatic N) is 1. The van der Waals surface area contributed by atoms with E-state index in [0.29, 0.717) is 11.1 Å². The zero-order valence-electron chi connectivity index (χ0n) is 17.9. The first-order valence-electron chi connectivity index (χ1n) is 11.7. The lowest BCUT2D eigenvalue weighted by Crippen LogP contribution is -2.47. The van der Waals surface area contributed by atoms with Crippen LogP contribution in [-0.4, -0.2) is 22.8 Å². The summed E-state index contributed by atoms with van der Waals surface area (Å²) in [6.07, 6.45) is 6.39. The first-order valence-corrected chi connectivity index (χ1v) is 11.7. The second kappa shape index (κ2) is 6.52. The summed E-state index contributed by atoms with van der Waals surface area (Å²) >= 11 is 0. The Morgan fingerprint density at radius 3 is 1.66 bits per heavy atom. The second-order valence-corrected chi connectivity index (χ2v) is 9.41. The summed E-state index contributed by atoms with van der Waals surface area (Å²) in [6.45, 7) is 0. The van der Waals surface area contributed by atoms with E-state index in [0.717, 1.165) is 47.2 Å². The van der Waals surface area contributed by atoms with Crippen LogP contribution in [0, 0.1) is 0 Å². The lowest BCUT2D eigenvalue weighted by Gasteiger charge is -2.34. The fourth-order valence-corrected chi connectivity index (χ4v) is 6.29. The molecule has 0 unspecified atom stereocenters. The van der Waals surface area contributed by atoms with Crippen molar-refractivity contribution >= 4 is 54.9 Å². The first kappa shape index (κ1) is 18.1. The van der Waals surface area contributed by atoms with Gasteiger partial charge in [-0.25, -0.2) is 0 Å². The number of benzene rings is 5. The molecule has 1 aliphatic heterocycles. The molecule has 0 saturated heterocycles. The number of carbonyl (C=O) groups excluding carboxylic acids is 2. The highest BCUT2D eigenvalue weighted by Crippen LogP contribution is 2.44. The van der Waals surface area contributed by atoms with Gasteiger partial charge in [0, 0.05) is 22.6 Å². The predicted molar refractivity (Wildman–Crippen MR) is 130 cm³/mol. The lowest BCUT2D eigenvalue weighted by atomic mass is 9.84. The van der Waals surface area contributed by atoms with Crippen molar-refractivity contribution in [3.8, 4) is 0 Å². The summed E-state index contributed by atoms with van der Waals surface area (Å²) < 4.78 is 0. The standard InChI is InChI=1S/C29H23NO2/c31-28-23-15-13-21-19-11-5-7-17-8-6-12-20(25(17)19)22-14-16-24(27(23)26(21)22)29(32)30(28)18-9-3-1-2-4-10-18/h5-8,11-16,18H,1-4,9-10H2. The molecule has 156 valence electrons. The number of rotatable bonds is 1. The number of fused-ring (bicyclic) bond motifs is 2. The van der Waals surface area contributed by atoms with Gasteiger partial charge < -0.3 is 0 Å². The Bertz CT molecular complexity index is 1470. The summed E-state index contributed by atoms with van der Waals surface area (Å²) in [6, 6.07) is 20.9. The molecule has 5 aromatic rings. The van der Waals surface area contributed by atoms with Crippen molar-refractivity contribution < 1.29 is 9.59 Å². The largest absolute Gasteiger partial charge is 0.271 e. The monoisotopic (exact) mass is 417 g/mol. The summed E-state index contributed by atoms with van der Waals surface area (Å²) in [7, 11) is 0. The maximum atomic E-state index is 13.7. The van der Waals surface area contributed by atoms with E-state index >= 15 is 0 Å². The first-order chi connectivity index (χ1) is 15.7. The van der Waals surface area contributed by atoms with Crippen LogP contribution in [0.4, 0.5) is 0 Å². The highest BCUT2D eigenvalue weighted by Gasteiger charge is 2.38. The van der Waals surface area contributed by atoms with E-state index < -0.39 is 0 Å². The predicted octanol–water partition coefficient (Wildman–Crippen LogP) is 7.06. The van der Waals surface area contributed by atoms with Gasteiger partial charge in [0.25, 0.3) is 11.8 Å². The minimum atomic E-state index is -0.116. The average molecular weight is 418 g/mol. The van der Waals surface area contributed by atoms with Crippen LogP contribution in [0.5, 0.6) is 0 Å². The summed E-state index contributed by atoms with van der Waals surface area (Å²) in [5.41, 5.74) is 1.35. The molecule has 0 atom stereocenters. The van der Waals surface area contributed by atoms with Crippen molar-refractivity contribution in [1.29, 1.82) is 0 Å². The smallest absolute Gasteiger partial charge is 0.261 e. The van der Waals surface area contributed by atoms with Crippen LogP contribution in [-0.2, 0) is 0 Å². The van der Waals surface area contributed by atoms with Crippen LogP contribution < -0.4 is 0 Å². The number of carbonyl (C=O) groups is 2. The van der Waals surface area contributed by atoms with E-state index in [-0.39, 0.29) is 17.9 Å². The molecule has 32 heavy (non-hydrogen) atoms. The number of hydrogen-bond donors (Lipinski definition) is 0. The summed E-state index contributed by atoms with van der Waals surface area (Å²) in [5, 5.41) is 8.95. The van der Waals surface area contributed by atoms with Crippen LogP contribution >= 0.6 is 0 Å². The van der Waals surface area contributed by atoms with Crippen LogP contribution in [0.1, 0.15) is 59.2 Å². The third kappa shape index (κ3) is 2.26. The molecule has 7 rings (SSSR count). The SMILES string of the molecule is O=C1c2ccc3c4cccc5cccc(c6ccc(c2c36)C(=O)N1C1CCCCCC1)c54. The van der Waals surface area contributed by atoms with Crippen LogP contribution in [0.15, 0.2) is 60.7 Å². The van der Waals surface area contributed by atoms with Gasteiger partial charge in [-0.1, -0.05) is 74.2 Å². The molecule has 0 bridgehead atoms. The maximum Gasteiger partial charge on any atom is 0.261 e. The van der Waals surface area contributed by atoms with Gasteiger partial charge in [-0.2, -0.15) is 0 Å². The van der Waals surface area contributed by atoms with Gasteiger partial charge in [0.15, 0.2) is 0 Å². The third-order valence-electron chi connectivity index (χ3n) is 7.73. The maximum absolute atomic E-state index is 13.7. The van der Waals surface area contributed by atoms with Crippen molar-refractivity contribution in [1.82, 2.24) is 4.90 Å². The molecule has 1 aliphatic carbocycles. The molecular weight excluding hydrogens is 394 g/mol. The van der Waals surface area contributed by atoms with E-state index in [1.807, 2.05) is 12.1 Å². The van der Waals surface area contributed by atoms with Crippen molar-refractivity contribution in [3.63, 3.8) is 0 Å². The number of amides is 2. The van der Waals surface area contributed by atoms with E-state index in [1.54, 1.807) is 4.90 Å². The molecule has 0 aromatic heterocycles. The highest BCUT2D eigenvalue weighted by atomic mass is 16.2. The fourth-order valence-electron chi connectivity index (χ4n) is 6.29. The quantitative estimate of drug-likeness (QED) is 0.127. The van der Waals surface area contributed by atoms with Crippen LogP contribution in [0.2, 0.25) is 0 Å². The van der Waals surface area contributed by atoms with Gasteiger partial charge in [-0.3, -0.25) is 14.5 Å². The minimum absolute atomic E-state index is 0.0161. The van der Waals surface area contributed by atoms with Gasteiger partial charge in [-0.15, -0.1) is 0 Å². The zero-order chi connectivity index (χ0) is 21.4. The Hall–Kier alpha value is -3.46. The van der Waals surface area contributed by atoms with Crippen molar-refractivity contribution in [2.45, 2.75) is 44.6 Å². The van der Waals surface area contributed by atoms with E-state index in [4.69, 9.17) is 0 Å². The molecule has 1 saturated carbocycles. The minimum Gasteiger partial charge on any atom is -0.271 e. The molecule has 1 heterocycles. The molecule has 3 heteroatoms. The Labute approximate surface area is 185 Å². The van der Waals surface area contributed by atoms with Gasteiger partial charge in [-0.05, 0) is 62.7 Å². The number of imide groups is 1. The lowest BCUT2D eigenvalue weighted by molar-refractivity contribution is 0.0524. The fraction of sp³-hybridized carbons (Fsp3) is 0.241. The molecule has 0 spiro atoms. The Balaban J connectivity index is 1.56. The van der Waals surface area contributed by atoms with Gasteiger partial charge in [0.1, 0.15) is 0 Å². The van der Waals surface area contributed by atoms with Crippen molar-refractivity contribution in [3.05, 3.63) is 71.8 Å². The average Bonchev–Trinajstić information content (AvgIpc) is 3.10. The van der Waals surface area contributed by atoms with Crippen LogP contribution in [0.25, 0.3) is 43.1 Å². The molecular formula is C29H23NO2. The molecule has 3 nitrogen and oxygen atoms in total. The van der Waals surface area contributed by atoms with Crippen LogP contribution in [0.3, 0.4) is 0 Å². The molecule has 0 radical (unpaired) electrons. The topological polar surface area (TPSA) is 37.4 Å². The number of hydrogen-bond acceptors (Lipinski definition) is 2. The molecule has 1 fully saturated rings. The molecule has 0 N–H and O–H groups in total. The van der Waals surface area contributed by atoms with Gasteiger partial charge in [0.2, 0.25) is 0 Å². The Morgan fingerprint density at radius 2 is 1.09 bits per heavy atom. The zero-order valence-corrected chi connectivity index (χ0v) is 17.9. The van der Waals surface area contributed by atoms with E-state index in [1.165, 1.54) is 34.4 Å². The van der Waals surface area contributed by atoms with Gasteiger partial charge in [0.05, 0.1) is 0 Å². The second-order valence-electron chi connectivity index (χ2n) is 9.41. The molecule has 5 aromatic carbocycles. The van der Waals surface area contributed by atoms with Crippen molar-refractivity contribution in [2.24, 2.45) is 0 Å². The van der Waals surface area contributed by atoms with E-state index in [2.05, 4.69) is 48.5 Å². The summed E-state index contributed by atoms with van der Waals surface area (Å²) in [5.74, 6) is -0.231. The molecule has 2 aliphatic rings. The summed E-state index contributed by atoms with van der Waals surface area (Å²) in [4.78, 5) is 29.0. The van der Waals surface area contributed by atoms with Crippen molar-refractivity contribution in [2.75, 3.05) is 0 Å². The van der Waals surface area contributed by atoms with Gasteiger partial charge >= 0.3 is 0 Å². The third-order valence-corrected chi connectivity index (χ3v) is 7.73. The Morgan fingerprint density at radius 1 is 0.562 bits per heavy atom. The highest BCUT2D eigenvalue weighted by molar-refractivity contribution is 6.38. The molecule has 2 amide bonds.